The summed E-state index contributed by atoms with van der Waals surface area (Å²) < 4.78 is 9.96. The number of esters is 1. The molecule has 7 nitrogen and oxygen atoms in total. The van der Waals surface area contributed by atoms with Crippen molar-refractivity contribution < 1.29 is 24.0 Å². The van der Waals surface area contributed by atoms with Gasteiger partial charge >= 0.3 is 5.97 Å². The van der Waals surface area contributed by atoms with Gasteiger partial charge in [-0.15, -0.1) is 0 Å². The third-order valence-electron chi connectivity index (χ3n) is 3.32. The van der Waals surface area contributed by atoms with Gasteiger partial charge in [-0.05, 0) is 13.0 Å². The smallest absolute Gasteiger partial charge is 0.342 e. The third-order valence-corrected chi connectivity index (χ3v) is 3.32. The first-order valence-corrected chi connectivity index (χ1v) is 7.02. The number of methoxy groups -OCH3 is 1. The summed E-state index contributed by atoms with van der Waals surface area (Å²) in [4.78, 5) is 34.3. The Kier molecular flexibility index (Phi) is 5.26. The van der Waals surface area contributed by atoms with E-state index in [1.807, 2.05) is 6.92 Å². The molecule has 2 aromatic rings. The van der Waals surface area contributed by atoms with E-state index in [4.69, 9.17) is 9.47 Å². The van der Waals surface area contributed by atoms with Crippen LogP contribution in [0.5, 0.6) is 5.75 Å². The van der Waals surface area contributed by atoms with Crippen LogP contribution < -0.4 is 4.74 Å². The van der Waals surface area contributed by atoms with Gasteiger partial charge in [-0.2, -0.15) is 0 Å². The second kappa shape index (κ2) is 7.36. The number of nitrogens with zero attached hydrogens (tertiary/aromatic N) is 1. The standard InChI is InChI=1S/C17H15NO6/c1-11-3-5-12(6-4-11)15(19)10-24-17(20)14-9-13(18(21)22)7-8-16(14)23-2/h3-9H,10H2,1-2H3. The fraction of sp³-hybridized carbons (Fsp3) is 0.176. The molecule has 0 aliphatic rings. The van der Waals surface area contributed by atoms with Crippen LogP contribution in [0.3, 0.4) is 0 Å². The second-order valence-corrected chi connectivity index (χ2v) is 5.01. The van der Waals surface area contributed by atoms with Crippen molar-refractivity contribution in [2.24, 2.45) is 0 Å². The molecule has 0 aliphatic heterocycles. The van der Waals surface area contributed by atoms with Crippen molar-refractivity contribution in [3.05, 3.63) is 69.3 Å². The predicted octanol–water partition coefficient (Wildman–Crippen LogP) is 2.95. The van der Waals surface area contributed by atoms with Crippen LogP contribution in [0.15, 0.2) is 42.5 Å². The number of non-ortho nitro benzene ring substituents is 1. The van der Waals surface area contributed by atoms with E-state index in [9.17, 15) is 19.7 Å². The van der Waals surface area contributed by atoms with Crippen LogP contribution in [-0.4, -0.2) is 30.4 Å². The first-order valence-electron chi connectivity index (χ1n) is 7.02. The highest BCUT2D eigenvalue weighted by Gasteiger charge is 2.20. The van der Waals surface area contributed by atoms with Gasteiger partial charge in [0.05, 0.1) is 12.0 Å². The summed E-state index contributed by atoms with van der Waals surface area (Å²) in [6.07, 6.45) is 0. The normalized spacial score (nSPS) is 10.1. The maximum atomic E-state index is 12.1. The largest absolute Gasteiger partial charge is 0.496 e. The number of ketones is 1. The van der Waals surface area contributed by atoms with Crippen LogP contribution >= 0.6 is 0 Å². The van der Waals surface area contributed by atoms with E-state index in [0.717, 1.165) is 11.6 Å². The molecule has 2 rings (SSSR count). The van der Waals surface area contributed by atoms with Gasteiger partial charge < -0.3 is 9.47 Å². The highest BCUT2D eigenvalue weighted by molar-refractivity contribution is 6.00. The highest BCUT2D eigenvalue weighted by atomic mass is 16.6. The van der Waals surface area contributed by atoms with E-state index in [1.165, 1.54) is 19.2 Å². The average Bonchev–Trinajstić information content (AvgIpc) is 2.59. The zero-order chi connectivity index (χ0) is 17.7. The molecule has 0 saturated carbocycles. The monoisotopic (exact) mass is 329 g/mol. The lowest BCUT2D eigenvalue weighted by molar-refractivity contribution is -0.384. The second-order valence-electron chi connectivity index (χ2n) is 5.01. The van der Waals surface area contributed by atoms with Crippen molar-refractivity contribution in [1.82, 2.24) is 0 Å². The Morgan fingerprint density at radius 1 is 1.12 bits per heavy atom. The Labute approximate surface area is 138 Å². The minimum Gasteiger partial charge on any atom is -0.496 e. The minimum atomic E-state index is -0.865. The first-order chi connectivity index (χ1) is 11.4. The van der Waals surface area contributed by atoms with Gasteiger partial charge in [0.1, 0.15) is 11.3 Å². The van der Waals surface area contributed by atoms with E-state index in [0.29, 0.717) is 5.56 Å². The van der Waals surface area contributed by atoms with Gasteiger partial charge in [0.15, 0.2) is 12.4 Å². The highest BCUT2D eigenvalue weighted by Crippen LogP contribution is 2.24. The number of aryl methyl sites for hydroxylation is 1. The van der Waals surface area contributed by atoms with Crippen LogP contribution in [0.25, 0.3) is 0 Å². The van der Waals surface area contributed by atoms with E-state index >= 15 is 0 Å². The molecule has 0 saturated heterocycles. The molecule has 0 atom stereocenters. The molecule has 0 bridgehead atoms. The molecule has 0 heterocycles. The third kappa shape index (κ3) is 3.95. The van der Waals surface area contributed by atoms with E-state index in [2.05, 4.69) is 0 Å². The van der Waals surface area contributed by atoms with Crippen LogP contribution in [0.2, 0.25) is 0 Å². The van der Waals surface area contributed by atoms with Crippen LogP contribution in [0, 0.1) is 17.0 Å². The maximum Gasteiger partial charge on any atom is 0.342 e. The van der Waals surface area contributed by atoms with Gasteiger partial charge in [-0.3, -0.25) is 14.9 Å². The molecule has 0 unspecified atom stereocenters. The van der Waals surface area contributed by atoms with Crippen LogP contribution in [0.4, 0.5) is 5.69 Å². The molecule has 0 aromatic heterocycles. The Morgan fingerprint density at radius 3 is 2.38 bits per heavy atom. The summed E-state index contributed by atoms with van der Waals surface area (Å²) in [7, 11) is 1.33. The van der Waals surface area contributed by atoms with Crippen molar-refractivity contribution in [3.8, 4) is 5.75 Å². The summed E-state index contributed by atoms with van der Waals surface area (Å²) in [6.45, 7) is 1.43. The lowest BCUT2D eigenvalue weighted by Gasteiger charge is -2.08. The summed E-state index contributed by atoms with van der Waals surface area (Å²) in [5.41, 5.74) is 1.04. The molecule has 0 fully saturated rings. The van der Waals surface area contributed by atoms with Crippen molar-refractivity contribution in [1.29, 1.82) is 0 Å². The molecule has 0 radical (unpaired) electrons. The number of benzene rings is 2. The van der Waals surface area contributed by atoms with Gasteiger partial charge in [0.2, 0.25) is 0 Å². The Hall–Kier alpha value is -3.22. The molecule has 0 amide bonds. The molecular weight excluding hydrogens is 314 g/mol. The number of hydrogen-bond donors (Lipinski definition) is 0. The van der Waals surface area contributed by atoms with Crippen molar-refractivity contribution in [3.63, 3.8) is 0 Å². The average molecular weight is 329 g/mol. The lowest BCUT2D eigenvalue weighted by atomic mass is 10.1. The number of rotatable bonds is 6. The van der Waals surface area contributed by atoms with Crippen LogP contribution in [0.1, 0.15) is 26.3 Å². The predicted molar refractivity (Wildman–Crippen MR) is 85.4 cm³/mol. The number of nitro groups is 1. The Balaban J connectivity index is 2.11. The van der Waals surface area contributed by atoms with E-state index in [-0.39, 0.29) is 22.8 Å². The van der Waals surface area contributed by atoms with Gasteiger partial charge in [-0.1, -0.05) is 29.8 Å². The molecule has 24 heavy (non-hydrogen) atoms. The van der Waals surface area contributed by atoms with Gasteiger partial charge in [0, 0.05) is 17.7 Å². The van der Waals surface area contributed by atoms with Crippen molar-refractivity contribution >= 4 is 17.4 Å². The number of carbonyl (C=O) groups is 2. The number of Topliss-reactive ketones (excluding diaryl/α,β-unsaturated/α-hetero) is 1. The van der Waals surface area contributed by atoms with E-state index in [1.54, 1.807) is 24.3 Å². The number of hydrogen-bond acceptors (Lipinski definition) is 6. The number of nitro benzene ring substituents is 1. The molecule has 0 aliphatic carbocycles. The van der Waals surface area contributed by atoms with Crippen molar-refractivity contribution in [2.75, 3.05) is 13.7 Å². The van der Waals surface area contributed by atoms with Crippen LogP contribution in [-0.2, 0) is 4.74 Å². The minimum absolute atomic E-state index is 0.108. The number of carbonyl (C=O) groups excluding carboxylic acids is 2. The van der Waals surface area contributed by atoms with E-state index < -0.39 is 17.5 Å². The Bertz CT molecular complexity index is 782. The molecule has 7 heteroatoms. The number of ether oxygens (including phenoxy) is 2. The van der Waals surface area contributed by atoms with Gasteiger partial charge in [-0.25, -0.2) is 4.79 Å². The van der Waals surface area contributed by atoms with Crippen molar-refractivity contribution in [2.45, 2.75) is 6.92 Å². The fourth-order valence-electron chi connectivity index (χ4n) is 2.00. The maximum absolute atomic E-state index is 12.1. The SMILES string of the molecule is COc1ccc([N+](=O)[O-])cc1C(=O)OCC(=O)c1ccc(C)cc1. The van der Waals surface area contributed by atoms with Gasteiger partial charge in [0.25, 0.3) is 5.69 Å². The quantitative estimate of drug-likeness (QED) is 0.350. The summed E-state index contributed by atoms with van der Waals surface area (Å²) in [6, 6.07) is 10.4. The summed E-state index contributed by atoms with van der Waals surface area (Å²) in [5, 5.41) is 10.8. The Morgan fingerprint density at radius 2 is 1.79 bits per heavy atom. The fourth-order valence-corrected chi connectivity index (χ4v) is 2.00. The lowest BCUT2D eigenvalue weighted by Crippen LogP contribution is -2.15. The molecule has 0 N–H and O–H groups in total. The summed E-state index contributed by atoms with van der Waals surface area (Å²) in [5.74, 6) is -1.10. The molecular formula is C17H15NO6. The molecule has 124 valence electrons. The molecule has 2 aromatic carbocycles. The molecule has 0 spiro atoms. The topological polar surface area (TPSA) is 95.7 Å². The zero-order valence-corrected chi connectivity index (χ0v) is 13.1. The summed E-state index contributed by atoms with van der Waals surface area (Å²) >= 11 is 0. The zero-order valence-electron chi connectivity index (χ0n) is 13.1. The first kappa shape index (κ1) is 17.1.